The molecule has 0 saturated carbocycles. The highest BCUT2D eigenvalue weighted by molar-refractivity contribution is 5.81. The second-order valence-corrected chi connectivity index (χ2v) is 4.50. The second kappa shape index (κ2) is 5.47. The lowest BCUT2D eigenvalue weighted by molar-refractivity contribution is -0.134. The van der Waals surface area contributed by atoms with Gasteiger partial charge < -0.3 is 15.5 Å². The summed E-state index contributed by atoms with van der Waals surface area (Å²) >= 11 is 0. The minimum absolute atomic E-state index is 0.0946. The van der Waals surface area contributed by atoms with E-state index in [0.29, 0.717) is 6.04 Å². The summed E-state index contributed by atoms with van der Waals surface area (Å²) in [6.45, 7) is 6.78. The average Bonchev–Trinajstić information content (AvgIpc) is 2.38. The van der Waals surface area contributed by atoms with Crippen molar-refractivity contribution in [3.05, 3.63) is 0 Å². The quantitative estimate of drug-likeness (QED) is 0.716. The van der Waals surface area contributed by atoms with Crippen molar-refractivity contribution in [1.29, 1.82) is 0 Å². The van der Waals surface area contributed by atoms with Gasteiger partial charge in [0.2, 0.25) is 5.91 Å². The third kappa shape index (κ3) is 3.18. The van der Waals surface area contributed by atoms with Crippen molar-refractivity contribution in [2.45, 2.75) is 38.8 Å². The van der Waals surface area contributed by atoms with Crippen molar-refractivity contribution >= 4 is 5.91 Å². The molecule has 0 spiro atoms. The maximum atomic E-state index is 11.9. The zero-order valence-electron chi connectivity index (χ0n) is 10.1. The molecule has 1 amide bonds. The molecule has 0 aromatic rings. The molecule has 1 rings (SSSR count). The van der Waals surface area contributed by atoms with Gasteiger partial charge in [-0.3, -0.25) is 4.79 Å². The summed E-state index contributed by atoms with van der Waals surface area (Å²) in [5.74, 6) is 0.0946. The minimum Gasteiger partial charge on any atom is -0.337 e. The molecule has 0 aliphatic carbocycles. The molecule has 1 fully saturated rings. The van der Waals surface area contributed by atoms with Crippen molar-refractivity contribution < 1.29 is 4.79 Å². The summed E-state index contributed by atoms with van der Waals surface area (Å²) in [6, 6.07) is -0.0431. The maximum Gasteiger partial charge on any atom is 0.239 e. The number of amides is 1. The lowest BCUT2D eigenvalue weighted by Crippen LogP contribution is -2.49. The van der Waals surface area contributed by atoms with Crippen LogP contribution in [-0.4, -0.2) is 54.5 Å². The van der Waals surface area contributed by atoms with Gasteiger partial charge in [0, 0.05) is 19.1 Å². The summed E-state index contributed by atoms with van der Waals surface area (Å²) in [6.07, 6.45) is 2.05. The SMILES string of the molecule is CCC1CN(C)CCCN1C(=O)C(C)N. The molecule has 0 aromatic heterocycles. The molecule has 4 heteroatoms. The highest BCUT2D eigenvalue weighted by atomic mass is 16.2. The van der Waals surface area contributed by atoms with E-state index >= 15 is 0 Å². The van der Waals surface area contributed by atoms with Crippen LogP contribution >= 0.6 is 0 Å². The van der Waals surface area contributed by atoms with E-state index in [1.807, 2.05) is 4.90 Å². The Morgan fingerprint density at radius 3 is 2.73 bits per heavy atom. The van der Waals surface area contributed by atoms with Crippen LogP contribution in [-0.2, 0) is 4.79 Å². The van der Waals surface area contributed by atoms with Gasteiger partial charge in [-0.15, -0.1) is 0 Å². The molecule has 2 atom stereocenters. The number of nitrogens with two attached hydrogens (primary N) is 1. The second-order valence-electron chi connectivity index (χ2n) is 4.50. The first-order valence-electron chi connectivity index (χ1n) is 5.80. The van der Waals surface area contributed by atoms with Crippen molar-refractivity contribution in [2.24, 2.45) is 5.73 Å². The minimum atomic E-state index is -0.373. The highest BCUT2D eigenvalue weighted by Crippen LogP contribution is 2.12. The van der Waals surface area contributed by atoms with Gasteiger partial charge in [-0.25, -0.2) is 0 Å². The van der Waals surface area contributed by atoms with E-state index in [0.717, 1.165) is 32.5 Å². The van der Waals surface area contributed by atoms with Gasteiger partial charge in [-0.2, -0.15) is 0 Å². The van der Waals surface area contributed by atoms with Gasteiger partial charge in [-0.1, -0.05) is 6.92 Å². The summed E-state index contributed by atoms with van der Waals surface area (Å²) in [7, 11) is 2.11. The molecular weight excluding hydrogens is 190 g/mol. The number of hydrogen-bond acceptors (Lipinski definition) is 3. The normalized spacial score (nSPS) is 26.1. The zero-order valence-corrected chi connectivity index (χ0v) is 10.1. The number of carbonyl (C=O) groups is 1. The zero-order chi connectivity index (χ0) is 11.4. The van der Waals surface area contributed by atoms with Crippen LogP contribution in [0.5, 0.6) is 0 Å². The van der Waals surface area contributed by atoms with Crippen molar-refractivity contribution in [2.75, 3.05) is 26.7 Å². The van der Waals surface area contributed by atoms with E-state index in [4.69, 9.17) is 5.73 Å². The highest BCUT2D eigenvalue weighted by Gasteiger charge is 2.27. The molecule has 88 valence electrons. The Morgan fingerprint density at radius 2 is 2.20 bits per heavy atom. The van der Waals surface area contributed by atoms with Gasteiger partial charge in [-0.05, 0) is 33.4 Å². The van der Waals surface area contributed by atoms with Crippen LogP contribution in [0.4, 0.5) is 0 Å². The Bertz CT molecular complexity index is 218. The summed E-state index contributed by atoms with van der Waals surface area (Å²) in [4.78, 5) is 16.2. The van der Waals surface area contributed by atoms with Crippen LogP contribution < -0.4 is 5.73 Å². The molecule has 1 heterocycles. The van der Waals surface area contributed by atoms with Gasteiger partial charge in [0.15, 0.2) is 0 Å². The lowest BCUT2D eigenvalue weighted by Gasteiger charge is -2.31. The molecule has 1 saturated heterocycles. The topological polar surface area (TPSA) is 49.6 Å². The molecular formula is C11H23N3O. The fourth-order valence-corrected chi connectivity index (χ4v) is 2.14. The van der Waals surface area contributed by atoms with E-state index in [1.165, 1.54) is 0 Å². The predicted octanol–water partition coefficient (Wildman–Crippen LogP) is 0.276. The van der Waals surface area contributed by atoms with E-state index in [-0.39, 0.29) is 11.9 Å². The number of likely N-dealkylation sites (N-methyl/N-ethyl adjacent to an activating group) is 1. The third-order valence-corrected chi connectivity index (χ3v) is 3.05. The molecule has 4 nitrogen and oxygen atoms in total. The molecule has 0 bridgehead atoms. The Balaban J connectivity index is 2.70. The number of hydrogen-bond donors (Lipinski definition) is 1. The van der Waals surface area contributed by atoms with E-state index in [9.17, 15) is 4.79 Å². The predicted molar refractivity (Wildman–Crippen MR) is 61.6 cm³/mol. The largest absolute Gasteiger partial charge is 0.337 e. The van der Waals surface area contributed by atoms with Crippen LogP contribution in [0.2, 0.25) is 0 Å². The van der Waals surface area contributed by atoms with E-state index in [1.54, 1.807) is 6.92 Å². The molecule has 2 unspecified atom stereocenters. The Hall–Kier alpha value is -0.610. The Morgan fingerprint density at radius 1 is 1.53 bits per heavy atom. The Labute approximate surface area is 92.4 Å². The number of nitrogens with zero attached hydrogens (tertiary/aromatic N) is 2. The average molecular weight is 213 g/mol. The first kappa shape index (κ1) is 12.5. The maximum absolute atomic E-state index is 11.9. The van der Waals surface area contributed by atoms with Gasteiger partial charge >= 0.3 is 0 Å². The van der Waals surface area contributed by atoms with Gasteiger partial charge in [0.1, 0.15) is 0 Å². The first-order valence-corrected chi connectivity index (χ1v) is 5.80. The van der Waals surface area contributed by atoms with Crippen LogP contribution in [0.1, 0.15) is 26.7 Å². The number of carbonyl (C=O) groups excluding carboxylic acids is 1. The van der Waals surface area contributed by atoms with Crippen LogP contribution in [0.3, 0.4) is 0 Å². The Kier molecular flexibility index (Phi) is 4.54. The first-order chi connectivity index (χ1) is 7.06. The fraction of sp³-hybridized carbons (Fsp3) is 0.909. The molecule has 1 aliphatic rings. The standard InChI is InChI=1S/C11H23N3O/c1-4-10-8-13(3)6-5-7-14(10)11(15)9(2)12/h9-10H,4-8,12H2,1-3H3. The molecule has 15 heavy (non-hydrogen) atoms. The summed E-state index contributed by atoms with van der Waals surface area (Å²) in [5.41, 5.74) is 5.66. The van der Waals surface area contributed by atoms with Gasteiger partial charge in [0.25, 0.3) is 0 Å². The third-order valence-electron chi connectivity index (χ3n) is 3.05. The van der Waals surface area contributed by atoms with Gasteiger partial charge in [0.05, 0.1) is 6.04 Å². The fourth-order valence-electron chi connectivity index (χ4n) is 2.14. The molecule has 0 radical (unpaired) electrons. The molecule has 1 aliphatic heterocycles. The lowest BCUT2D eigenvalue weighted by atomic mass is 10.1. The van der Waals surface area contributed by atoms with Crippen LogP contribution in [0.15, 0.2) is 0 Å². The van der Waals surface area contributed by atoms with E-state index in [2.05, 4.69) is 18.9 Å². The van der Waals surface area contributed by atoms with Crippen molar-refractivity contribution in [1.82, 2.24) is 9.80 Å². The van der Waals surface area contributed by atoms with Crippen molar-refractivity contribution in [3.8, 4) is 0 Å². The monoisotopic (exact) mass is 213 g/mol. The van der Waals surface area contributed by atoms with Crippen LogP contribution in [0, 0.1) is 0 Å². The van der Waals surface area contributed by atoms with Crippen LogP contribution in [0.25, 0.3) is 0 Å². The van der Waals surface area contributed by atoms with E-state index < -0.39 is 0 Å². The van der Waals surface area contributed by atoms with Crippen molar-refractivity contribution in [3.63, 3.8) is 0 Å². The summed E-state index contributed by atoms with van der Waals surface area (Å²) in [5, 5.41) is 0. The summed E-state index contributed by atoms with van der Waals surface area (Å²) < 4.78 is 0. The molecule has 2 N–H and O–H groups in total. The smallest absolute Gasteiger partial charge is 0.239 e. The number of rotatable bonds is 2. The molecule has 0 aromatic carbocycles.